The Bertz CT molecular complexity index is 460. The molecule has 0 saturated carbocycles. The molecule has 1 unspecified atom stereocenters. The molecule has 1 amide bonds. The lowest BCUT2D eigenvalue weighted by Gasteiger charge is -2.32. The molecule has 0 aliphatic carbocycles. The van der Waals surface area contributed by atoms with Crippen molar-refractivity contribution in [2.24, 2.45) is 0 Å². The number of rotatable bonds is 5. The largest absolute Gasteiger partial charge is 0.480 e. The number of hydrogen-bond donors (Lipinski definition) is 1. The average Bonchev–Trinajstić information content (AvgIpc) is 2.48. The number of carbonyl (C=O) groups excluding carboxylic acids is 1. The number of hydrogen-bond acceptors (Lipinski definition) is 3. The number of aryl methyl sites for hydroxylation is 1. The van der Waals surface area contributed by atoms with Crippen LogP contribution in [0.1, 0.15) is 18.4 Å². The maximum absolute atomic E-state index is 12.1. The molecule has 1 atom stereocenters. The number of morpholine rings is 1. The van der Waals surface area contributed by atoms with Gasteiger partial charge >= 0.3 is 5.97 Å². The molecule has 1 saturated heterocycles. The van der Waals surface area contributed by atoms with E-state index < -0.39 is 12.0 Å². The molecule has 0 bridgehead atoms. The summed E-state index contributed by atoms with van der Waals surface area (Å²) in [6.07, 6.45) is 1.93. The SMILES string of the molecule is O=C(O)C1COCCN1C(=O)CCCc1ccccc1. The first kappa shape index (κ1) is 14.5. The fraction of sp³-hybridized carbons (Fsp3) is 0.467. The van der Waals surface area contributed by atoms with Crippen LogP contribution in [0.15, 0.2) is 30.3 Å². The van der Waals surface area contributed by atoms with E-state index >= 15 is 0 Å². The number of carboxylic acid groups (broad SMARTS) is 1. The average molecular weight is 277 g/mol. The van der Waals surface area contributed by atoms with E-state index in [9.17, 15) is 9.59 Å². The van der Waals surface area contributed by atoms with Crippen molar-refractivity contribution in [3.8, 4) is 0 Å². The third-order valence-corrected chi connectivity index (χ3v) is 3.43. The van der Waals surface area contributed by atoms with Gasteiger partial charge in [-0.15, -0.1) is 0 Å². The molecule has 20 heavy (non-hydrogen) atoms. The highest BCUT2D eigenvalue weighted by Crippen LogP contribution is 2.12. The number of carboxylic acids is 1. The number of benzene rings is 1. The van der Waals surface area contributed by atoms with Crippen LogP contribution in [0, 0.1) is 0 Å². The van der Waals surface area contributed by atoms with E-state index in [4.69, 9.17) is 9.84 Å². The Morgan fingerprint density at radius 1 is 1.30 bits per heavy atom. The molecule has 5 nitrogen and oxygen atoms in total. The summed E-state index contributed by atoms with van der Waals surface area (Å²) >= 11 is 0. The summed E-state index contributed by atoms with van der Waals surface area (Å²) in [5, 5.41) is 9.09. The molecule has 1 N–H and O–H groups in total. The molecule has 0 aromatic heterocycles. The Labute approximate surface area is 118 Å². The Morgan fingerprint density at radius 2 is 2.05 bits per heavy atom. The van der Waals surface area contributed by atoms with Crippen LogP contribution < -0.4 is 0 Å². The van der Waals surface area contributed by atoms with Gasteiger partial charge in [0.05, 0.1) is 13.2 Å². The van der Waals surface area contributed by atoms with E-state index in [0.29, 0.717) is 19.6 Å². The summed E-state index contributed by atoms with van der Waals surface area (Å²) < 4.78 is 5.12. The third-order valence-electron chi connectivity index (χ3n) is 3.43. The van der Waals surface area contributed by atoms with Crippen LogP contribution in [-0.4, -0.2) is 47.7 Å². The van der Waals surface area contributed by atoms with Crippen LogP contribution in [0.25, 0.3) is 0 Å². The molecule has 1 aromatic rings. The number of aliphatic carboxylic acids is 1. The van der Waals surface area contributed by atoms with Gasteiger partial charge in [-0.3, -0.25) is 4.79 Å². The maximum Gasteiger partial charge on any atom is 0.328 e. The van der Waals surface area contributed by atoms with Crippen molar-refractivity contribution < 1.29 is 19.4 Å². The van der Waals surface area contributed by atoms with Crippen molar-refractivity contribution in [3.63, 3.8) is 0 Å². The summed E-state index contributed by atoms with van der Waals surface area (Å²) in [6, 6.07) is 9.12. The second kappa shape index (κ2) is 7.05. The number of ether oxygens (including phenoxy) is 1. The van der Waals surface area contributed by atoms with Crippen molar-refractivity contribution in [2.75, 3.05) is 19.8 Å². The lowest BCUT2D eigenvalue weighted by molar-refractivity contribution is -0.158. The van der Waals surface area contributed by atoms with Crippen LogP contribution in [-0.2, 0) is 20.7 Å². The van der Waals surface area contributed by atoms with Gasteiger partial charge in [0, 0.05) is 13.0 Å². The topological polar surface area (TPSA) is 66.8 Å². The van der Waals surface area contributed by atoms with E-state index in [1.165, 1.54) is 10.5 Å². The molecule has 108 valence electrons. The molecule has 1 aliphatic rings. The van der Waals surface area contributed by atoms with Gasteiger partial charge in [-0.25, -0.2) is 4.79 Å². The van der Waals surface area contributed by atoms with Gasteiger partial charge in [0.15, 0.2) is 6.04 Å². The van der Waals surface area contributed by atoms with Gasteiger partial charge < -0.3 is 14.7 Å². The van der Waals surface area contributed by atoms with Crippen molar-refractivity contribution in [3.05, 3.63) is 35.9 Å². The van der Waals surface area contributed by atoms with Crippen molar-refractivity contribution >= 4 is 11.9 Å². The Morgan fingerprint density at radius 3 is 2.75 bits per heavy atom. The molecule has 1 aliphatic heterocycles. The highest BCUT2D eigenvalue weighted by Gasteiger charge is 2.32. The summed E-state index contributed by atoms with van der Waals surface area (Å²) in [5.74, 6) is -1.10. The highest BCUT2D eigenvalue weighted by atomic mass is 16.5. The summed E-state index contributed by atoms with van der Waals surface area (Å²) in [7, 11) is 0. The number of carbonyl (C=O) groups is 2. The van der Waals surface area contributed by atoms with E-state index in [0.717, 1.165) is 12.8 Å². The number of amides is 1. The zero-order valence-corrected chi connectivity index (χ0v) is 11.3. The van der Waals surface area contributed by atoms with E-state index in [1.807, 2.05) is 30.3 Å². The molecule has 0 radical (unpaired) electrons. The zero-order chi connectivity index (χ0) is 14.4. The summed E-state index contributed by atoms with van der Waals surface area (Å²) in [4.78, 5) is 24.6. The fourth-order valence-electron chi connectivity index (χ4n) is 2.34. The number of nitrogens with zero attached hydrogens (tertiary/aromatic N) is 1. The normalized spacial score (nSPS) is 18.8. The van der Waals surface area contributed by atoms with Gasteiger partial charge in [0.1, 0.15) is 0 Å². The van der Waals surface area contributed by atoms with E-state index in [1.54, 1.807) is 0 Å². The second-order valence-electron chi connectivity index (χ2n) is 4.86. The van der Waals surface area contributed by atoms with Crippen LogP contribution in [0.5, 0.6) is 0 Å². The maximum atomic E-state index is 12.1. The predicted molar refractivity (Wildman–Crippen MR) is 73.3 cm³/mol. The molecule has 2 rings (SSSR count). The molecular formula is C15H19NO4. The first-order chi connectivity index (χ1) is 9.68. The minimum absolute atomic E-state index is 0.0831. The molecule has 1 fully saturated rings. The minimum atomic E-state index is -0.999. The van der Waals surface area contributed by atoms with Gasteiger partial charge in [-0.2, -0.15) is 0 Å². The molecule has 1 heterocycles. The van der Waals surface area contributed by atoms with Gasteiger partial charge in [0.25, 0.3) is 0 Å². The van der Waals surface area contributed by atoms with Crippen molar-refractivity contribution in [1.82, 2.24) is 4.90 Å². The summed E-state index contributed by atoms with van der Waals surface area (Å²) in [6.45, 7) is 0.856. The first-order valence-electron chi connectivity index (χ1n) is 6.82. The molecule has 1 aromatic carbocycles. The second-order valence-corrected chi connectivity index (χ2v) is 4.86. The molecule has 5 heteroatoms. The van der Waals surface area contributed by atoms with Crippen LogP contribution in [0.4, 0.5) is 0 Å². The minimum Gasteiger partial charge on any atom is -0.480 e. The third kappa shape index (κ3) is 3.81. The molecule has 0 spiro atoms. The smallest absolute Gasteiger partial charge is 0.328 e. The quantitative estimate of drug-likeness (QED) is 0.881. The highest BCUT2D eigenvalue weighted by molar-refractivity contribution is 5.84. The van der Waals surface area contributed by atoms with Gasteiger partial charge in [-0.1, -0.05) is 30.3 Å². The lowest BCUT2D eigenvalue weighted by atomic mass is 10.1. The van der Waals surface area contributed by atoms with Crippen molar-refractivity contribution in [2.45, 2.75) is 25.3 Å². The van der Waals surface area contributed by atoms with Crippen LogP contribution in [0.3, 0.4) is 0 Å². The first-order valence-corrected chi connectivity index (χ1v) is 6.82. The van der Waals surface area contributed by atoms with Crippen LogP contribution in [0.2, 0.25) is 0 Å². The van der Waals surface area contributed by atoms with E-state index in [-0.39, 0.29) is 12.5 Å². The zero-order valence-electron chi connectivity index (χ0n) is 11.3. The van der Waals surface area contributed by atoms with E-state index in [2.05, 4.69) is 0 Å². The standard InChI is InChI=1S/C15H19NO4/c17-14(8-4-7-12-5-2-1-3-6-12)16-9-10-20-11-13(16)15(18)19/h1-3,5-6,13H,4,7-11H2,(H,18,19). The summed E-state index contributed by atoms with van der Waals surface area (Å²) in [5.41, 5.74) is 1.19. The predicted octanol–water partition coefficient (Wildman–Crippen LogP) is 1.32. The fourth-order valence-corrected chi connectivity index (χ4v) is 2.34. The molecular weight excluding hydrogens is 258 g/mol. The van der Waals surface area contributed by atoms with Gasteiger partial charge in [0.2, 0.25) is 5.91 Å². The Hall–Kier alpha value is -1.88. The monoisotopic (exact) mass is 277 g/mol. The van der Waals surface area contributed by atoms with Crippen molar-refractivity contribution in [1.29, 1.82) is 0 Å². The Kier molecular flexibility index (Phi) is 5.12. The van der Waals surface area contributed by atoms with Gasteiger partial charge in [-0.05, 0) is 18.4 Å². The Balaban J connectivity index is 1.83. The lowest BCUT2D eigenvalue weighted by Crippen LogP contribution is -2.52. The van der Waals surface area contributed by atoms with Crippen LogP contribution >= 0.6 is 0 Å².